The summed E-state index contributed by atoms with van der Waals surface area (Å²) in [5, 5.41) is 14.1. The summed E-state index contributed by atoms with van der Waals surface area (Å²) in [7, 11) is 1.38. The van der Waals surface area contributed by atoms with E-state index in [4.69, 9.17) is 9.84 Å². The highest BCUT2D eigenvalue weighted by Gasteiger charge is 2.12. The van der Waals surface area contributed by atoms with Crippen LogP contribution >= 0.6 is 0 Å². The fraction of sp³-hybridized carbons (Fsp3) is 0.250. The molecular weight excluding hydrogens is 348 g/mol. The van der Waals surface area contributed by atoms with Gasteiger partial charge in [0.1, 0.15) is 5.75 Å². The van der Waals surface area contributed by atoms with E-state index in [9.17, 15) is 14.4 Å². The Balaban J connectivity index is 1.82. The minimum Gasteiger partial charge on any atom is -0.495 e. The number of carbonyl (C=O) groups excluding carboxylic acids is 2. The second kappa shape index (κ2) is 9.38. The SMILES string of the molecule is COc1cc(C(=O)O)ccc1NC(=O)CNC(=O)CCc1ccc(C)cc1. The van der Waals surface area contributed by atoms with Crippen molar-refractivity contribution in [3.8, 4) is 5.75 Å². The third-order valence-corrected chi connectivity index (χ3v) is 3.93. The summed E-state index contributed by atoms with van der Waals surface area (Å²) in [6, 6.07) is 12.1. The molecule has 0 heterocycles. The van der Waals surface area contributed by atoms with Gasteiger partial charge in [-0.1, -0.05) is 29.8 Å². The second-order valence-corrected chi connectivity index (χ2v) is 6.03. The second-order valence-electron chi connectivity index (χ2n) is 6.03. The highest BCUT2D eigenvalue weighted by atomic mass is 16.5. The van der Waals surface area contributed by atoms with Gasteiger partial charge in [-0.3, -0.25) is 9.59 Å². The van der Waals surface area contributed by atoms with Crippen LogP contribution in [0.1, 0.15) is 27.9 Å². The van der Waals surface area contributed by atoms with Crippen LogP contribution in [0.15, 0.2) is 42.5 Å². The van der Waals surface area contributed by atoms with Crippen molar-refractivity contribution >= 4 is 23.5 Å². The van der Waals surface area contributed by atoms with E-state index in [0.717, 1.165) is 11.1 Å². The Morgan fingerprint density at radius 2 is 1.74 bits per heavy atom. The van der Waals surface area contributed by atoms with Crippen molar-refractivity contribution in [3.05, 3.63) is 59.2 Å². The largest absolute Gasteiger partial charge is 0.495 e. The Morgan fingerprint density at radius 1 is 1.04 bits per heavy atom. The van der Waals surface area contributed by atoms with Crippen molar-refractivity contribution in [2.24, 2.45) is 0 Å². The monoisotopic (exact) mass is 370 g/mol. The fourth-order valence-corrected chi connectivity index (χ4v) is 2.40. The first-order valence-electron chi connectivity index (χ1n) is 8.42. The molecule has 7 heteroatoms. The van der Waals surface area contributed by atoms with E-state index in [-0.39, 0.29) is 30.2 Å². The first kappa shape index (κ1) is 20.0. The zero-order chi connectivity index (χ0) is 19.8. The van der Waals surface area contributed by atoms with Crippen LogP contribution in [0.25, 0.3) is 0 Å². The average Bonchev–Trinajstić information content (AvgIpc) is 2.66. The van der Waals surface area contributed by atoms with Crippen LogP contribution in [0.5, 0.6) is 5.75 Å². The molecule has 0 aliphatic carbocycles. The van der Waals surface area contributed by atoms with Gasteiger partial charge >= 0.3 is 5.97 Å². The number of nitrogens with one attached hydrogen (secondary N) is 2. The first-order valence-corrected chi connectivity index (χ1v) is 8.42. The van der Waals surface area contributed by atoms with E-state index in [1.807, 2.05) is 31.2 Å². The van der Waals surface area contributed by atoms with Crippen LogP contribution in [-0.2, 0) is 16.0 Å². The van der Waals surface area contributed by atoms with Crippen LogP contribution < -0.4 is 15.4 Å². The summed E-state index contributed by atoms with van der Waals surface area (Å²) in [5.74, 6) is -1.51. The molecule has 2 rings (SSSR count). The van der Waals surface area contributed by atoms with Crippen molar-refractivity contribution in [2.75, 3.05) is 19.0 Å². The maximum atomic E-state index is 12.0. The molecule has 0 unspecified atom stereocenters. The standard InChI is InChI=1S/C20H22N2O5/c1-13-3-5-14(6-4-13)7-10-18(23)21-12-19(24)22-16-9-8-15(20(25)26)11-17(16)27-2/h3-6,8-9,11H,7,10,12H2,1-2H3,(H,21,23)(H,22,24)(H,25,26). The van der Waals surface area contributed by atoms with Gasteiger partial charge in [0.15, 0.2) is 0 Å². The fourth-order valence-electron chi connectivity index (χ4n) is 2.40. The van der Waals surface area contributed by atoms with Crippen LogP contribution in [0.3, 0.4) is 0 Å². The molecule has 0 bridgehead atoms. The molecule has 3 N–H and O–H groups in total. The van der Waals surface area contributed by atoms with Crippen LogP contribution in [0.2, 0.25) is 0 Å². The molecule has 0 fully saturated rings. The Morgan fingerprint density at radius 3 is 2.37 bits per heavy atom. The van der Waals surface area contributed by atoms with Crippen molar-refractivity contribution in [3.63, 3.8) is 0 Å². The Labute approximate surface area is 157 Å². The number of carbonyl (C=O) groups is 3. The topological polar surface area (TPSA) is 105 Å². The van der Waals surface area contributed by atoms with Crippen molar-refractivity contribution in [1.82, 2.24) is 5.32 Å². The summed E-state index contributed by atoms with van der Waals surface area (Å²) in [5.41, 5.74) is 2.60. The van der Waals surface area contributed by atoms with Gasteiger partial charge in [0.05, 0.1) is 24.9 Å². The number of aryl methyl sites for hydroxylation is 2. The summed E-state index contributed by atoms with van der Waals surface area (Å²) in [4.78, 5) is 34.9. The summed E-state index contributed by atoms with van der Waals surface area (Å²) in [6.45, 7) is 1.82. The highest BCUT2D eigenvalue weighted by molar-refractivity contribution is 5.97. The number of hydrogen-bond donors (Lipinski definition) is 3. The molecule has 0 aromatic heterocycles. The van der Waals surface area contributed by atoms with E-state index >= 15 is 0 Å². The average molecular weight is 370 g/mol. The molecule has 7 nitrogen and oxygen atoms in total. The maximum absolute atomic E-state index is 12.0. The Bertz CT molecular complexity index is 831. The predicted molar refractivity (Wildman–Crippen MR) is 101 cm³/mol. The van der Waals surface area contributed by atoms with Gasteiger partial charge in [-0.25, -0.2) is 4.79 Å². The molecule has 0 saturated heterocycles. The van der Waals surface area contributed by atoms with Crippen LogP contribution in [-0.4, -0.2) is 36.5 Å². The maximum Gasteiger partial charge on any atom is 0.335 e. The molecule has 142 valence electrons. The van der Waals surface area contributed by atoms with Crippen LogP contribution in [0, 0.1) is 6.92 Å². The van der Waals surface area contributed by atoms with E-state index < -0.39 is 11.9 Å². The van der Waals surface area contributed by atoms with E-state index in [1.165, 1.54) is 25.3 Å². The number of aromatic carboxylic acids is 1. The van der Waals surface area contributed by atoms with Gasteiger partial charge in [-0.15, -0.1) is 0 Å². The molecule has 0 saturated carbocycles. The normalized spacial score (nSPS) is 10.1. The van der Waals surface area contributed by atoms with Crippen molar-refractivity contribution in [1.29, 1.82) is 0 Å². The molecule has 0 spiro atoms. The number of methoxy groups -OCH3 is 1. The quantitative estimate of drug-likeness (QED) is 0.662. The number of ether oxygens (including phenoxy) is 1. The molecule has 2 aromatic carbocycles. The number of anilines is 1. The molecular formula is C20H22N2O5. The minimum absolute atomic E-state index is 0.0502. The van der Waals surface area contributed by atoms with Crippen LogP contribution in [0.4, 0.5) is 5.69 Å². The smallest absolute Gasteiger partial charge is 0.335 e. The number of amides is 2. The Hall–Kier alpha value is -3.35. The van der Waals surface area contributed by atoms with Gasteiger partial charge in [-0.05, 0) is 37.1 Å². The number of rotatable bonds is 8. The Kier molecular flexibility index (Phi) is 6.93. The molecule has 0 aliphatic heterocycles. The summed E-state index contributed by atoms with van der Waals surface area (Å²) >= 11 is 0. The molecule has 0 atom stereocenters. The third kappa shape index (κ3) is 6.14. The molecule has 0 radical (unpaired) electrons. The number of hydrogen-bond acceptors (Lipinski definition) is 4. The first-order chi connectivity index (χ1) is 12.9. The van der Waals surface area contributed by atoms with Gasteiger partial charge < -0.3 is 20.5 Å². The summed E-state index contributed by atoms with van der Waals surface area (Å²) < 4.78 is 5.09. The molecule has 0 aliphatic rings. The zero-order valence-corrected chi connectivity index (χ0v) is 15.2. The number of carboxylic acid groups (broad SMARTS) is 1. The highest BCUT2D eigenvalue weighted by Crippen LogP contribution is 2.25. The number of benzene rings is 2. The lowest BCUT2D eigenvalue weighted by Gasteiger charge is -2.11. The lowest BCUT2D eigenvalue weighted by Crippen LogP contribution is -2.33. The van der Waals surface area contributed by atoms with Gasteiger partial charge in [0.25, 0.3) is 0 Å². The van der Waals surface area contributed by atoms with E-state index in [1.54, 1.807) is 0 Å². The van der Waals surface area contributed by atoms with Crippen molar-refractivity contribution < 1.29 is 24.2 Å². The summed E-state index contributed by atoms with van der Waals surface area (Å²) in [6.07, 6.45) is 0.880. The molecule has 2 aromatic rings. The number of carboxylic acids is 1. The van der Waals surface area contributed by atoms with E-state index in [2.05, 4.69) is 10.6 Å². The molecule has 27 heavy (non-hydrogen) atoms. The van der Waals surface area contributed by atoms with Gasteiger partial charge in [0.2, 0.25) is 11.8 Å². The predicted octanol–water partition coefficient (Wildman–Crippen LogP) is 2.39. The van der Waals surface area contributed by atoms with Gasteiger partial charge in [0, 0.05) is 6.42 Å². The van der Waals surface area contributed by atoms with E-state index in [0.29, 0.717) is 12.1 Å². The van der Waals surface area contributed by atoms with Gasteiger partial charge in [-0.2, -0.15) is 0 Å². The zero-order valence-electron chi connectivity index (χ0n) is 15.2. The minimum atomic E-state index is -1.09. The third-order valence-electron chi connectivity index (χ3n) is 3.93. The lowest BCUT2D eigenvalue weighted by atomic mass is 10.1. The lowest BCUT2D eigenvalue weighted by molar-refractivity contribution is -0.124. The van der Waals surface area contributed by atoms with Crippen molar-refractivity contribution in [2.45, 2.75) is 19.8 Å². The molecule has 2 amide bonds.